The summed E-state index contributed by atoms with van der Waals surface area (Å²) < 4.78 is 4.46. The number of carbonyl (C=O) groups excluding carboxylic acids is 2. The van der Waals surface area contributed by atoms with E-state index in [1.165, 1.54) is 18.2 Å². The van der Waals surface area contributed by atoms with Crippen LogP contribution < -0.4 is 5.73 Å². The van der Waals surface area contributed by atoms with Gasteiger partial charge in [-0.05, 0) is 17.7 Å². The van der Waals surface area contributed by atoms with E-state index < -0.39 is 30.5 Å². The average molecular weight is 269 g/mol. The number of esters is 1. The number of aromatic hydroxyl groups is 1. The van der Waals surface area contributed by atoms with Crippen molar-refractivity contribution >= 4 is 11.9 Å². The van der Waals surface area contributed by atoms with Gasteiger partial charge in [-0.15, -0.1) is 0 Å². The van der Waals surface area contributed by atoms with Crippen molar-refractivity contribution in [1.82, 2.24) is 0 Å². The van der Waals surface area contributed by atoms with E-state index in [-0.39, 0.29) is 16.9 Å². The SMILES string of the molecule is COC(=O)c1cc(C(O)C(O)CC(N)=O)ccc1O. The Kier molecular flexibility index (Phi) is 4.85. The molecule has 2 atom stereocenters. The molecule has 0 saturated carbocycles. The number of aliphatic hydroxyl groups excluding tert-OH is 2. The largest absolute Gasteiger partial charge is 0.507 e. The summed E-state index contributed by atoms with van der Waals surface area (Å²) in [6, 6.07) is 3.68. The normalized spacial score (nSPS) is 13.6. The van der Waals surface area contributed by atoms with E-state index in [9.17, 15) is 24.9 Å². The highest BCUT2D eigenvalue weighted by Gasteiger charge is 2.22. The Morgan fingerprint density at radius 3 is 2.53 bits per heavy atom. The summed E-state index contributed by atoms with van der Waals surface area (Å²) in [5.74, 6) is -1.86. The van der Waals surface area contributed by atoms with Gasteiger partial charge in [-0.25, -0.2) is 4.79 Å². The summed E-state index contributed by atoms with van der Waals surface area (Å²) in [6.07, 6.45) is -3.22. The van der Waals surface area contributed by atoms with E-state index >= 15 is 0 Å². The zero-order chi connectivity index (χ0) is 14.6. The standard InChI is InChI=1S/C12H15NO6/c1-19-12(18)7-4-6(2-3-8(7)14)11(17)9(15)5-10(13)16/h2-4,9,11,14-15,17H,5H2,1H3,(H2,13,16). The number of ether oxygens (including phenoxy) is 1. The molecule has 19 heavy (non-hydrogen) atoms. The number of phenols is 1. The van der Waals surface area contributed by atoms with Gasteiger partial charge < -0.3 is 25.8 Å². The molecule has 5 N–H and O–H groups in total. The van der Waals surface area contributed by atoms with Crippen molar-refractivity contribution in [2.24, 2.45) is 5.73 Å². The minimum atomic E-state index is -1.41. The average Bonchev–Trinajstić information content (AvgIpc) is 2.36. The quantitative estimate of drug-likeness (QED) is 0.530. The number of aliphatic hydroxyl groups is 2. The van der Waals surface area contributed by atoms with E-state index in [1.54, 1.807) is 0 Å². The van der Waals surface area contributed by atoms with Crippen molar-refractivity contribution < 1.29 is 29.6 Å². The maximum atomic E-state index is 11.4. The minimum absolute atomic E-state index is 0.148. The third kappa shape index (κ3) is 3.67. The van der Waals surface area contributed by atoms with E-state index in [0.29, 0.717) is 0 Å². The molecule has 1 amide bonds. The first kappa shape index (κ1) is 14.9. The molecule has 0 saturated heterocycles. The van der Waals surface area contributed by atoms with Crippen LogP contribution in [0.15, 0.2) is 18.2 Å². The fraction of sp³-hybridized carbons (Fsp3) is 0.333. The van der Waals surface area contributed by atoms with Crippen LogP contribution in [-0.2, 0) is 9.53 Å². The molecule has 104 valence electrons. The Morgan fingerprint density at radius 2 is 2.00 bits per heavy atom. The van der Waals surface area contributed by atoms with Crippen LogP contribution in [0.3, 0.4) is 0 Å². The van der Waals surface area contributed by atoms with Crippen LogP contribution in [0.25, 0.3) is 0 Å². The predicted octanol–water partition coefficient (Wildman–Crippen LogP) is -0.552. The highest BCUT2D eigenvalue weighted by atomic mass is 16.5. The number of hydrogen-bond acceptors (Lipinski definition) is 6. The van der Waals surface area contributed by atoms with E-state index in [2.05, 4.69) is 4.74 Å². The molecule has 0 aliphatic carbocycles. The first-order chi connectivity index (χ1) is 8.86. The number of carbonyl (C=O) groups is 2. The third-order valence-electron chi connectivity index (χ3n) is 2.54. The first-order valence-electron chi connectivity index (χ1n) is 5.42. The summed E-state index contributed by atoms with van der Waals surface area (Å²) in [5, 5.41) is 28.9. The first-order valence-corrected chi connectivity index (χ1v) is 5.42. The number of methoxy groups -OCH3 is 1. The van der Waals surface area contributed by atoms with Crippen molar-refractivity contribution in [3.05, 3.63) is 29.3 Å². The van der Waals surface area contributed by atoms with Gasteiger partial charge in [-0.2, -0.15) is 0 Å². The molecule has 0 radical (unpaired) electrons. The number of phenolic OH excluding ortho intramolecular Hbond substituents is 1. The van der Waals surface area contributed by atoms with Gasteiger partial charge >= 0.3 is 5.97 Å². The Balaban J connectivity index is 3.01. The Bertz CT molecular complexity index is 487. The van der Waals surface area contributed by atoms with Gasteiger partial charge in [-0.1, -0.05) is 6.07 Å². The van der Waals surface area contributed by atoms with Crippen LogP contribution in [0.1, 0.15) is 28.4 Å². The Morgan fingerprint density at radius 1 is 1.37 bits per heavy atom. The lowest BCUT2D eigenvalue weighted by Crippen LogP contribution is -2.25. The van der Waals surface area contributed by atoms with Crippen molar-refractivity contribution in [3.8, 4) is 5.75 Å². The minimum Gasteiger partial charge on any atom is -0.507 e. The lowest BCUT2D eigenvalue weighted by Gasteiger charge is -2.17. The molecule has 1 aromatic carbocycles. The van der Waals surface area contributed by atoms with Gasteiger partial charge in [0.1, 0.15) is 17.4 Å². The lowest BCUT2D eigenvalue weighted by molar-refractivity contribution is -0.121. The van der Waals surface area contributed by atoms with Crippen molar-refractivity contribution in [1.29, 1.82) is 0 Å². The number of benzene rings is 1. The summed E-state index contributed by atoms with van der Waals surface area (Å²) in [7, 11) is 1.15. The topological polar surface area (TPSA) is 130 Å². The number of hydrogen-bond donors (Lipinski definition) is 4. The number of nitrogens with two attached hydrogens (primary N) is 1. The molecule has 0 bridgehead atoms. The number of rotatable bonds is 5. The Labute approximate surface area is 109 Å². The second-order valence-corrected chi connectivity index (χ2v) is 3.95. The molecule has 2 unspecified atom stereocenters. The second kappa shape index (κ2) is 6.17. The lowest BCUT2D eigenvalue weighted by atomic mass is 9.99. The maximum Gasteiger partial charge on any atom is 0.341 e. The monoisotopic (exact) mass is 269 g/mol. The molecular weight excluding hydrogens is 254 g/mol. The van der Waals surface area contributed by atoms with Crippen LogP contribution >= 0.6 is 0 Å². The van der Waals surface area contributed by atoms with Gasteiger partial charge in [0, 0.05) is 0 Å². The molecule has 1 aromatic rings. The molecular formula is C12H15NO6. The number of primary amides is 1. The molecule has 0 fully saturated rings. The van der Waals surface area contributed by atoms with Crippen LogP contribution in [0.4, 0.5) is 0 Å². The third-order valence-corrected chi connectivity index (χ3v) is 2.54. The van der Waals surface area contributed by atoms with Crippen molar-refractivity contribution in [2.75, 3.05) is 7.11 Å². The van der Waals surface area contributed by atoms with Gasteiger partial charge in [-0.3, -0.25) is 4.79 Å². The van der Waals surface area contributed by atoms with E-state index in [0.717, 1.165) is 7.11 Å². The summed E-state index contributed by atoms with van der Waals surface area (Å²) in [5.41, 5.74) is 4.92. The van der Waals surface area contributed by atoms with E-state index in [1.807, 2.05) is 0 Å². The molecule has 0 spiro atoms. The smallest absolute Gasteiger partial charge is 0.341 e. The Hall–Kier alpha value is -2.12. The van der Waals surface area contributed by atoms with Crippen LogP contribution in [0, 0.1) is 0 Å². The van der Waals surface area contributed by atoms with Crippen molar-refractivity contribution in [2.45, 2.75) is 18.6 Å². The van der Waals surface area contributed by atoms with Crippen molar-refractivity contribution in [3.63, 3.8) is 0 Å². The molecule has 1 rings (SSSR count). The number of amides is 1. The maximum absolute atomic E-state index is 11.4. The fourth-order valence-corrected chi connectivity index (χ4v) is 1.55. The molecule has 0 aliphatic heterocycles. The van der Waals surface area contributed by atoms with Gasteiger partial charge in [0.2, 0.25) is 5.91 Å². The molecule has 0 aromatic heterocycles. The van der Waals surface area contributed by atoms with Crippen LogP contribution in [-0.4, -0.2) is 40.4 Å². The molecule has 0 aliphatic rings. The van der Waals surface area contributed by atoms with Gasteiger partial charge in [0.15, 0.2) is 0 Å². The zero-order valence-electron chi connectivity index (χ0n) is 10.2. The molecule has 0 heterocycles. The zero-order valence-corrected chi connectivity index (χ0v) is 10.2. The van der Waals surface area contributed by atoms with Gasteiger partial charge in [0.05, 0.1) is 19.6 Å². The van der Waals surface area contributed by atoms with E-state index in [4.69, 9.17) is 5.73 Å². The predicted molar refractivity (Wildman–Crippen MR) is 64.2 cm³/mol. The summed E-state index contributed by atoms with van der Waals surface area (Å²) in [6.45, 7) is 0. The van der Waals surface area contributed by atoms with Gasteiger partial charge in [0.25, 0.3) is 0 Å². The fourth-order valence-electron chi connectivity index (χ4n) is 1.55. The summed E-state index contributed by atoms with van der Waals surface area (Å²) in [4.78, 5) is 22.0. The summed E-state index contributed by atoms with van der Waals surface area (Å²) >= 11 is 0. The highest BCUT2D eigenvalue weighted by molar-refractivity contribution is 5.92. The second-order valence-electron chi connectivity index (χ2n) is 3.95. The highest BCUT2D eigenvalue weighted by Crippen LogP contribution is 2.25. The van der Waals surface area contributed by atoms with Crippen LogP contribution in [0.2, 0.25) is 0 Å². The molecule has 7 heteroatoms. The van der Waals surface area contributed by atoms with Crippen LogP contribution in [0.5, 0.6) is 5.75 Å². The molecule has 7 nitrogen and oxygen atoms in total.